The second-order valence-electron chi connectivity index (χ2n) is 4.08. The number of rotatable bonds is 3. The van der Waals surface area contributed by atoms with Gasteiger partial charge in [-0.15, -0.1) is 0 Å². The summed E-state index contributed by atoms with van der Waals surface area (Å²) in [6.45, 7) is 2.28. The number of anilines is 1. The summed E-state index contributed by atoms with van der Waals surface area (Å²) in [4.78, 5) is 5.51. The Hall–Kier alpha value is -0.960. The van der Waals surface area contributed by atoms with Crippen LogP contribution < -0.4 is 10.2 Å². The van der Waals surface area contributed by atoms with E-state index in [9.17, 15) is 0 Å². The third kappa shape index (κ3) is 2.29. The van der Waals surface area contributed by atoms with Crippen molar-refractivity contribution in [3.8, 4) is 0 Å². The minimum Gasteiger partial charge on any atom is -0.360 e. The Morgan fingerprint density at radius 2 is 2.43 bits per heavy atom. The minimum absolute atomic E-state index is 0.664. The van der Waals surface area contributed by atoms with Gasteiger partial charge in [0, 0.05) is 25.8 Å². The number of hydrogen-bond acceptors (Lipinski definition) is 2. The summed E-state index contributed by atoms with van der Waals surface area (Å²) in [5.74, 6) is 1.21. The van der Waals surface area contributed by atoms with Crippen molar-refractivity contribution in [2.75, 3.05) is 25.0 Å². The molecular formula is C11H19N3. The predicted molar refractivity (Wildman–Crippen MR) is 59.7 cm³/mol. The number of hydrogen-bond donors (Lipinski definition) is 2. The fourth-order valence-corrected chi connectivity index (χ4v) is 2.07. The van der Waals surface area contributed by atoms with Crippen LogP contribution in [0.4, 0.5) is 5.82 Å². The number of likely N-dealkylation sites (N-methyl/N-ethyl adjacent to an activating group) is 1. The molecule has 1 aliphatic heterocycles. The van der Waals surface area contributed by atoms with Crippen LogP contribution in [0, 0.1) is 0 Å². The molecule has 3 heteroatoms. The molecule has 1 aromatic heterocycles. The van der Waals surface area contributed by atoms with Gasteiger partial charge in [0.1, 0.15) is 5.82 Å². The Morgan fingerprint density at radius 1 is 1.50 bits per heavy atom. The van der Waals surface area contributed by atoms with Crippen LogP contribution in [0.25, 0.3) is 0 Å². The molecule has 1 aromatic rings. The van der Waals surface area contributed by atoms with E-state index in [1.807, 2.05) is 12.3 Å². The summed E-state index contributed by atoms with van der Waals surface area (Å²) >= 11 is 0. The zero-order valence-electron chi connectivity index (χ0n) is 8.79. The van der Waals surface area contributed by atoms with E-state index in [2.05, 4.69) is 28.3 Å². The van der Waals surface area contributed by atoms with Gasteiger partial charge in [-0.3, -0.25) is 0 Å². The molecule has 0 amide bonds. The molecule has 2 heterocycles. The fraction of sp³-hybridized carbons (Fsp3) is 0.636. The summed E-state index contributed by atoms with van der Waals surface area (Å²) in [6.07, 6.45) is 5.99. The molecule has 0 spiro atoms. The number of piperidine rings is 1. The Kier molecular flexibility index (Phi) is 3.09. The first-order valence-electron chi connectivity index (χ1n) is 5.44. The molecule has 1 atom stereocenters. The number of nitrogens with one attached hydrogen (secondary N) is 2. The van der Waals surface area contributed by atoms with E-state index in [4.69, 9.17) is 0 Å². The second-order valence-corrected chi connectivity index (χ2v) is 4.08. The van der Waals surface area contributed by atoms with Crippen LogP contribution in [-0.2, 0) is 0 Å². The molecule has 2 rings (SSSR count). The minimum atomic E-state index is 0.664. The van der Waals surface area contributed by atoms with E-state index in [1.54, 1.807) is 0 Å². The Bertz CT molecular complexity index is 250. The van der Waals surface area contributed by atoms with Gasteiger partial charge < -0.3 is 15.2 Å². The zero-order valence-corrected chi connectivity index (χ0v) is 8.79. The van der Waals surface area contributed by atoms with Crippen LogP contribution in [0.15, 0.2) is 18.3 Å². The van der Waals surface area contributed by atoms with Crippen LogP contribution in [0.5, 0.6) is 0 Å². The molecule has 78 valence electrons. The van der Waals surface area contributed by atoms with Crippen LogP contribution in [0.3, 0.4) is 0 Å². The van der Waals surface area contributed by atoms with Crippen LogP contribution in [-0.4, -0.2) is 31.2 Å². The normalized spacial score (nSPS) is 22.2. The Labute approximate surface area is 85.5 Å². The van der Waals surface area contributed by atoms with E-state index in [-0.39, 0.29) is 0 Å². The van der Waals surface area contributed by atoms with Gasteiger partial charge in [0.15, 0.2) is 0 Å². The van der Waals surface area contributed by atoms with E-state index in [0.29, 0.717) is 6.04 Å². The standard InChI is InChI=1S/C11H19N3/c1-14(11-6-4-8-13-11)9-10-5-2-3-7-12-10/h4,6,8,10,12-13H,2-3,5,7,9H2,1H3. The maximum Gasteiger partial charge on any atom is 0.105 e. The predicted octanol–water partition coefficient (Wildman–Crippen LogP) is 1.59. The molecule has 0 saturated carbocycles. The molecule has 0 radical (unpaired) electrons. The van der Waals surface area contributed by atoms with Crippen LogP contribution in [0.2, 0.25) is 0 Å². The quantitative estimate of drug-likeness (QED) is 0.764. The lowest BCUT2D eigenvalue weighted by Gasteiger charge is -2.28. The Balaban J connectivity index is 1.84. The van der Waals surface area contributed by atoms with Crippen molar-refractivity contribution < 1.29 is 0 Å². The summed E-state index contributed by atoms with van der Waals surface area (Å²) in [7, 11) is 2.14. The fourth-order valence-electron chi connectivity index (χ4n) is 2.07. The maximum absolute atomic E-state index is 3.56. The molecule has 0 aliphatic carbocycles. The first kappa shape index (κ1) is 9.59. The maximum atomic E-state index is 3.56. The lowest BCUT2D eigenvalue weighted by atomic mass is 10.0. The smallest absolute Gasteiger partial charge is 0.105 e. The molecular weight excluding hydrogens is 174 g/mol. The number of H-pyrrole nitrogens is 1. The molecule has 1 aliphatic rings. The van der Waals surface area contributed by atoms with E-state index >= 15 is 0 Å². The molecule has 0 aromatic carbocycles. The number of aromatic amines is 1. The molecule has 1 unspecified atom stereocenters. The van der Waals surface area contributed by atoms with Crippen LogP contribution >= 0.6 is 0 Å². The van der Waals surface area contributed by atoms with Crippen molar-refractivity contribution in [1.82, 2.24) is 10.3 Å². The van der Waals surface area contributed by atoms with E-state index < -0.39 is 0 Å². The van der Waals surface area contributed by atoms with Crippen molar-refractivity contribution in [1.29, 1.82) is 0 Å². The number of nitrogens with zero attached hydrogens (tertiary/aromatic N) is 1. The average Bonchev–Trinajstić information content (AvgIpc) is 2.72. The highest BCUT2D eigenvalue weighted by atomic mass is 15.2. The second kappa shape index (κ2) is 4.51. The SMILES string of the molecule is CN(CC1CCCCN1)c1ccc[nH]1. The van der Waals surface area contributed by atoms with Gasteiger partial charge in [0.25, 0.3) is 0 Å². The van der Waals surface area contributed by atoms with Crippen molar-refractivity contribution in [2.45, 2.75) is 25.3 Å². The van der Waals surface area contributed by atoms with Gasteiger partial charge in [-0.2, -0.15) is 0 Å². The van der Waals surface area contributed by atoms with Crippen molar-refractivity contribution >= 4 is 5.82 Å². The highest BCUT2D eigenvalue weighted by Gasteiger charge is 2.14. The first-order valence-corrected chi connectivity index (χ1v) is 5.44. The molecule has 0 bridgehead atoms. The van der Waals surface area contributed by atoms with Gasteiger partial charge in [-0.25, -0.2) is 0 Å². The highest BCUT2D eigenvalue weighted by Crippen LogP contribution is 2.12. The zero-order chi connectivity index (χ0) is 9.80. The monoisotopic (exact) mass is 193 g/mol. The summed E-state index contributed by atoms with van der Waals surface area (Å²) in [6, 6.07) is 4.82. The summed E-state index contributed by atoms with van der Waals surface area (Å²) < 4.78 is 0. The first-order chi connectivity index (χ1) is 6.86. The third-order valence-corrected chi connectivity index (χ3v) is 2.90. The van der Waals surface area contributed by atoms with Crippen LogP contribution in [0.1, 0.15) is 19.3 Å². The molecule has 1 fully saturated rings. The highest BCUT2D eigenvalue weighted by molar-refractivity contribution is 5.37. The van der Waals surface area contributed by atoms with Gasteiger partial charge >= 0.3 is 0 Å². The van der Waals surface area contributed by atoms with E-state index in [1.165, 1.54) is 31.6 Å². The molecule has 3 nitrogen and oxygen atoms in total. The topological polar surface area (TPSA) is 31.1 Å². The largest absolute Gasteiger partial charge is 0.360 e. The van der Waals surface area contributed by atoms with E-state index in [0.717, 1.165) is 6.54 Å². The molecule has 1 saturated heterocycles. The van der Waals surface area contributed by atoms with Gasteiger partial charge in [0.05, 0.1) is 0 Å². The Morgan fingerprint density at radius 3 is 3.07 bits per heavy atom. The molecule has 2 N–H and O–H groups in total. The number of aromatic nitrogens is 1. The lowest BCUT2D eigenvalue weighted by molar-refractivity contribution is 0.403. The van der Waals surface area contributed by atoms with Gasteiger partial charge in [-0.05, 0) is 31.5 Å². The molecule has 14 heavy (non-hydrogen) atoms. The van der Waals surface area contributed by atoms with Crippen molar-refractivity contribution in [2.24, 2.45) is 0 Å². The third-order valence-electron chi connectivity index (χ3n) is 2.90. The summed E-state index contributed by atoms with van der Waals surface area (Å²) in [5, 5.41) is 3.56. The summed E-state index contributed by atoms with van der Waals surface area (Å²) in [5.41, 5.74) is 0. The van der Waals surface area contributed by atoms with Gasteiger partial charge in [0.2, 0.25) is 0 Å². The van der Waals surface area contributed by atoms with Crippen molar-refractivity contribution in [3.05, 3.63) is 18.3 Å². The average molecular weight is 193 g/mol. The van der Waals surface area contributed by atoms with Gasteiger partial charge in [-0.1, -0.05) is 6.42 Å². The van der Waals surface area contributed by atoms with Crippen molar-refractivity contribution in [3.63, 3.8) is 0 Å². The lowest BCUT2D eigenvalue weighted by Crippen LogP contribution is -2.42.